The van der Waals surface area contributed by atoms with Crippen molar-refractivity contribution in [3.8, 4) is 0 Å². The topological polar surface area (TPSA) is 49.4 Å². The minimum absolute atomic E-state index is 0.0434. The maximum atomic E-state index is 12.5. The van der Waals surface area contributed by atoms with Gasteiger partial charge in [0.15, 0.2) is 0 Å². The van der Waals surface area contributed by atoms with Crippen molar-refractivity contribution < 1.29 is 22.8 Å². The van der Waals surface area contributed by atoms with Crippen LogP contribution in [0.4, 0.5) is 18.9 Å². The Bertz CT molecular complexity index is 780. The van der Waals surface area contributed by atoms with Crippen LogP contribution in [0.15, 0.2) is 48.5 Å². The summed E-state index contributed by atoms with van der Waals surface area (Å²) < 4.78 is 37.6. The summed E-state index contributed by atoms with van der Waals surface area (Å²) in [6.07, 6.45) is -4.44. The number of rotatable bonds is 6. The highest BCUT2D eigenvalue weighted by atomic mass is 19.4. The van der Waals surface area contributed by atoms with Gasteiger partial charge < -0.3 is 10.2 Å². The van der Waals surface area contributed by atoms with Gasteiger partial charge in [-0.15, -0.1) is 0 Å². The van der Waals surface area contributed by atoms with Crippen LogP contribution in [0.1, 0.15) is 35.3 Å². The minimum atomic E-state index is -4.40. The standard InChI is InChI=1S/C20H21F3N2O2/c1-3-25(4-2)19(27)15-7-11-17(12-8-15)24-18(26)13-14-5-9-16(10-6-14)20(21,22)23/h5-12H,3-4,13H2,1-2H3,(H,24,26). The third kappa shape index (κ3) is 5.57. The van der Waals surface area contributed by atoms with Crippen LogP contribution in [0.2, 0.25) is 0 Å². The second-order valence-electron chi connectivity index (χ2n) is 5.97. The zero-order valence-corrected chi connectivity index (χ0v) is 15.1. The van der Waals surface area contributed by atoms with Crippen LogP contribution in [-0.2, 0) is 17.4 Å². The number of carbonyl (C=O) groups is 2. The maximum absolute atomic E-state index is 12.5. The number of hydrogen-bond acceptors (Lipinski definition) is 2. The smallest absolute Gasteiger partial charge is 0.339 e. The molecule has 2 rings (SSSR count). The molecule has 0 aliphatic heterocycles. The molecule has 2 aromatic carbocycles. The summed E-state index contributed by atoms with van der Waals surface area (Å²) in [5.74, 6) is -0.430. The van der Waals surface area contributed by atoms with Crippen LogP contribution in [0.5, 0.6) is 0 Å². The molecule has 0 saturated heterocycles. The molecule has 0 unspecified atom stereocenters. The molecular weight excluding hydrogens is 357 g/mol. The highest BCUT2D eigenvalue weighted by Crippen LogP contribution is 2.29. The summed E-state index contributed by atoms with van der Waals surface area (Å²) in [5.41, 5.74) is 0.774. The Morgan fingerprint density at radius 2 is 1.48 bits per heavy atom. The fourth-order valence-electron chi connectivity index (χ4n) is 2.59. The Labute approximate surface area is 156 Å². The van der Waals surface area contributed by atoms with Crippen molar-refractivity contribution in [1.29, 1.82) is 0 Å². The van der Waals surface area contributed by atoms with Crippen molar-refractivity contribution in [3.05, 3.63) is 65.2 Å². The molecular formula is C20H21F3N2O2. The zero-order chi connectivity index (χ0) is 20.0. The molecule has 0 aliphatic carbocycles. The Morgan fingerprint density at radius 1 is 0.926 bits per heavy atom. The fraction of sp³-hybridized carbons (Fsp3) is 0.300. The molecule has 27 heavy (non-hydrogen) atoms. The van der Waals surface area contributed by atoms with Crippen LogP contribution in [0.25, 0.3) is 0 Å². The van der Waals surface area contributed by atoms with E-state index in [0.29, 0.717) is 29.9 Å². The SMILES string of the molecule is CCN(CC)C(=O)c1ccc(NC(=O)Cc2ccc(C(F)(F)F)cc2)cc1. The van der Waals surface area contributed by atoms with Crippen LogP contribution in [-0.4, -0.2) is 29.8 Å². The first-order chi connectivity index (χ1) is 12.7. The van der Waals surface area contributed by atoms with Crippen molar-refractivity contribution >= 4 is 17.5 Å². The first-order valence-corrected chi connectivity index (χ1v) is 8.60. The average molecular weight is 378 g/mol. The van der Waals surface area contributed by atoms with Crippen molar-refractivity contribution in [1.82, 2.24) is 4.90 Å². The van der Waals surface area contributed by atoms with Gasteiger partial charge in [0.1, 0.15) is 0 Å². The molecule has 0 saturated carbocycles. The van der Waals surface area contributed by atoms with Crippen molar-refractivity contribution in [3.63, 3.8) is 0 Å². The van der Waals surface area contributed by atoms with Gasteiger partial charge in [-0.1, -0.05) is 12.1 Å². The van der Waals surface area contributed by atoms with E-state index in [1.807, 2.05) is 13.8 Å². The number of alkyl halides is 3. The Morgan fingerprint density at radius 3 is 1.96 bits per heavy atom. The summed E-state index contributed by atoms with van der Waals surface area (Å²) in [6.45, 7) is 5.02. The summed E-state index contributed by atoms with van der Waals surface area (Å²) in [4.78, 5) is 26.0. The number of halogens is 3. The van der Waals surface area contributed by atoms with Gasteiger partial charge in [-0.05, 0) is 55.8 Å². The van der Waals surface area contributed by atoms with E-state index in [2.05, 4.69) is 5.32 Å². The lowest BCUT2D eigenvalue weighted by Gasteiger charge is -2.18. The van der Waals surface area contributed by atoms with Crippen molar-refractivity contribution in [2.75, 3.05) is 18.4 Å². The molecule has 1 N–H and O–H groups in total. The fourth-order valence-corrected chi connectivity index (χ4v) is 2.59. The normalized spacial score (nSPS) is 11.1. The molecule has 0 aliphatic rings. The maximum Gasteiger partial charge on any atom is 0.416 e. The molecule has 0 radical (unpaired) electrons. The highest BCUT2D eigenvalue weighted by Gasteiger charge is 2.29. The van der Waals surface area contributed by atoms with Gasteiger partial charge >= 0.3 is 6.18 Å². The Kier molecular flexibility index (Phi) is 6.60. The van der Waals surface area contributed by atoms with Crippen molar-refractivity contribution in [2.45, 2.75) is 26.4 Å². The van der Waals surface area contributed by atoms with Crippen LogP contribution < -0.4 is 5.32 Å². The van der Waals surface area contributed by atoms with Gasteiger partial charge in [-0.25, -0.2) is 0 Å². The van der Waals surface area contributed by atoms with E-state index < -0.39 is 11.7 Å². The molecule has 0 fully saturated rings. The summed E-state index contributed by atoms with van der Waals surface area (Å²) >= 11 is 0. The first-order valence-electron chi connectivity index (χ1n) is 8.60. The summed E-state index contributed by atoms with van der Waals surface area (Å²) in [5, 5.41) is 2.67. The minimum Gasteiger partial charge on any atom is -0.339 e. The highest BCUT2D eigenvalue weighted by molar-refractivity contribution is 5.96. The van der Waals surface area contributed by atoms with Crippen LogP contribution in [0.3, 0.4) is 0 Å². The monoisotopic (exact) mass is 378 g/mol. The number of nitrogens with one attached hydrogen (secondary N) is 1. The first kappa shape index (κ1) is 20.5. The van der Waals surface area contributed by atoms with E-state index in [9.17, 15) is 22.8 Å². The number of amides is 2. The van der Waals surface area contributed by atoms with Crippen LogP contribution in [0, 0.1) is 0 Å². The van der Waals surface area contributed by atoms with E-state index >= 15 is 0 Å². The van der Waals surface area contributed by atoms with Crippen molar-refractivity contribution in [2.24, 2.45) is 0 Å². The van der Waals surface area contributed by atoms with Gasteiger partial charge in [0.05, 0.1) is 12.0 Å². The molecule has 0 heterocycles. The quantitative estimate of drug-likeness (QED) is 0.812. The number of nitrogens with zero attached hydrogens (tertiary/aromatic N) is 1. The lowest BCUT2D eigenvalue weighted by Crippen LogP contribution is -2.30. The van der Waals surface area contributed by atoms with Gasteiger partial charge in [0.2, 0.25) is 5.91 Å². The molecule has 2 aromatic rings. The van der Waals surface area contributed by atoms with E-state index in [1.165, 1.54) is 12.1 Å². The number of anilines is 1. The zero-order valence-electron chi connectivity index (χ0n) is 15.1. The second-order valence-corrected chi connectivity index (χ2v) is 5.97. The largest absolute Gasteiger partial charge is 0.416 e. The lowest BCUT2D eigenvalue weighted by atomic mass is 10.1. The Balaban J connectivity index is 1.97. The van der Waals surface area contributed by atoms with Gasteiger partial charge in [0.25, 0.3) is 5.91 Å². The third-order valence-electron chi connectivity index (χ3n) is 4.11. The molecule has 0 atom stereocenters. The number of benzene rings is 2. The lowest BCUT2D eigenvalue weighted by molar-refractivity contribution is -0.137. The molecule has 0 bridgehead atoms. The molecule has 2 amide bonds. The molecule has 4 nitrogen and oxygen atoms in total. The number of carbonyl (C=O) groups excluding carboxylic acids is 2. The molecule has 0 aromatic heterocycles. The van der Waals surface area contributed by atoms with E-state index in [1.54, 1.807) is 29.2 Å². The van der Waals surface area contributed by atoms with Crippen LogP contribution >= 0.6 is 0 Å². The van der Waals surface area contributed by atoms with E-state index in [4.69, 9.17) is 0 Å². The average Bonchev–Trinajstić information content (AvgIpc) is 2.63. The predicted octanol–water partition coefficient (Wildman–Crippen LogP) is 4.37. The molecule has 7 heteroatoms. The van der Waals surface area contributed by atoms with E-state index in [0.717, 1.165) is 12.1 Å². The van der Waals surface area contributed by atoms with Gasteiger partial charge in [-0.3, -0.25) is 9.59 Å². The summed E-state index contributed by atoms with van der Waals surface area (Å²) in [6, 6.07) is 11.0. The molecule has 144 valence electrons. The third-order valence-corrected chi connectivity index (χ3v) is 4.11. The van der Waals surface area contributed by atoms with E-state index in [-0.39, 0.29) is 18.2 Å². The van der Waals surface area contributed by atoms with Gasteiger partial charge in [-0.2, -0.15) is 13.2 Å². The molecule has 0 spiro atoms. The summed E-state index contributed by atoms with van der Waals surface area (Å²) in [7, 11) is 0. The second kappa shape index (κ2) is 8.70. The Hall–Kier alpha value is -2.83. The van der Waals surface area contributed by atoms with Gasteiger partial charge in [0, 0.05) is 24.3 Å². The number of hydrogen-bond donors (Lipinski definition) is 1. The predicted molar refractivity (Wildman–Crippen MR) is 97.5 cm³/mol.